The Balaban J connectivity index is 1.41. The number of carbonyl (C=O) groups is 3. The van der Waals surface area contributed by atoms with Crippen molar-refractivity contribution < 1.29 is 27.9 Å². The Labute approximate surface area is 198 Å². The minimum atomic E-state index is -0.863. The van der Waals surface area contributed by atoms with Crippen LogP contribution in [-0.2, 0) is 16.1 Å². The Kier molecular flexibility index (Phi) is 7.14. The highest BCUT2D eigenvalue weighted by atomic mass is 19.1. The van der Waals surface area contributed by atoms with Crippen molar-refractivity contribution in [2.24, 2.45) is 4.99 Å². The minimum Gasteiger partial charge on any atom is -0.438 e. The van der Waals surface area contributed by atoms with E-state index in [1.54, 1.807) is 0 Å². The summed E-state index contributed by atoms with van der Waals surface area (Å²) in [5.41, 5.74) is 3.20. The number of anilines is 2. The zero-order valence-electron chi connectivity index (χ0n) is 18.7. The standard InChI is InChI=1S/C20H23F2N9O4/c1-12(32)23-10-15-11-30(20(34)35-15)14-6-16(21)18(17(22)7-14)29-3-2-26-31(5-4-29)19(33)24-8-13-9-25-28-27-13/h6-7,9-10,15,26H,2-5,8,11H2,1H3,(H,24,33)(H,25,27,28). The minimum absolute atomic E-state index is 0.0192. The molecule has 13 nitrogen and oxygen atoms in total. The molecule has 0 bridgehead atoms. The molecule has 3 N–H and O–H groups in total. The Morgan fingerprint density at radius 1 is 1.29 bits per heavy atom. The number of benzene rings is 1. The van der Waals surface area contributed by atoms with E-state index in [0.29, 0.717) is 5.69 Å². The molecule has 0 aliphatic carbocycles. The van der Waals surface area contributed by atoms with Crippen LogP contribution in [0.2, 0.25) is 0 Å². The summed E-state index contributed by atoms with van der Waals surface area (Å²) in [4.78, 5) is 41.7. The monoisotopic (exact) mass is 491 g/mol. The van der Waals surface area contributed by atoms with Gasteiger partial charge in [0, 0.05) is 38.7 Å². The van der Waals surface area contributed by atoms with Gasteiger partial charge in [0.2, 0.25) is 5.91 Å². The fraction of sp³-hybridized carbons (Fsp3) is 0.400. The number of nitrogens with zero attached hydrogens (tertiary/aromatic N) is 6. The van der Waals surface area contributed by atoms with E-state index in [-0.39, 0.29) is 50.6 Å². The number of halogens is 2. The van der Waals surface area contributed by atoms with Crippen LogP contribution >= 0.6 is 0 Å². The molecule has 4 amide bonds. The van der Waals surface area contributed by atoms with E-state index in [1.807, 2.05) is 0 Å². The Hall–Kier alpha value is -4.14. The van der Waals surface area contributed by atoms with Crippen molar-refractivity contribution in [3.8, 4) is 0 Å². The third-order valence-corrected chi connectivity index (χ3v) is 5.30. The lowest BCUT2D eigenvalue weighted by molar-refractivity contribution is -0.115. The second-order valence-electron chi connectivity index (χ2n) is 7.75. The van der Waals surface area contributed by atoms with E-state index < -0.39 is 35.8 Å². The summed E-state index contributed by atoms with van der Waals surface area (Å²) in [7, 11) is 0. The van der Waals surface area contributed by atoms with E-state index in [2.05, 4.69) is 31.1 Å². The van der Waals surface area contributed by atoms with Gasteiger partial charge in [0.1, 0.15) is 11.4 Å². The molecular formula is C20H23F2N9O4. The Morgan fingerprint density at radius 3 is 2.74 bits per heavy atom. The van der Waals surface area contributed by atoms with Crippen LogP contribution < -0.4 is 20.5 Å². The number of carbonyl (C=O) groups excluding carboxylic acids is 3. The highest BCUT2D eigenvalue weighted by Crippen LogP contribution is 2.31. The third kappa shape index (κ3) is 5.68. The molecule has 1 unspecified atom stereocenters. The van der Waals surface area contributed by atoms with E-state index in [0.717, 1.165) is 17.0 Å². The van der Waals surface area contributed by atoms with Crippen LogP contribution in [0.25, 0.3) is 0 Å². The van der Waals surface area contributed by atoms with Crippen LogP contribution in [0.1, 0.15) is 12.6 Å². The van der Waals surface area contributed by atoms with Crippen molar-refractivity contribution in [2.45, 2.75) is 19.6 Å². The van der Waals surface area contributed by atoms with Gasteiger partial charge in [-0.05, 0) is 0 Å². The van der Waals surface area contributed by atoms with Gasteiger partial charge >= 0.3 is 12.1 Å². The van der Waals surface area contributed by atoms with Gasteiger partial charge in [-0.1, -0.05) is 0 Å². The number of urea groups is 1. The summed E-state index contributed by atoms with van der Waals surface area (Å²) in [6, 6.07) is 1.68. The van der Waals surface area contributed by atoms with Crippen molar-refractivity contribution in [3.63, 3.8) is 0 Å². The second kappa shape index (κ2) is 10.4. The molecule has 4 rings (SSSR count). The lowest BCUT2D eigenvalue weighted by Crippen LogP contribution is -2.48. The normalized spacial score (nSPS) is 18.7. The average molecular weight is 491 g/mol. The zero-order valence-corrected chi connectivity index (χ0v) is 18.7. The van der Waals surface area contributed by atoms with Gasteiger partial charge in [-0.15, -0.1) is 0 Å². The average Bonchev–Trinajstić information content (AvgIpc) is 3.39. The van der Waals surface area contributed by atoms with Crippen LogP contribution in [0, 0.1) is 11.6 Å². The van der Waals surface area contributed by atoms with Crippen molar-refractivity contribution in [2.75, 3.05) is 42.5 Å². The van der Waals surface area contributed by atoms with Gasteiger partial charge < -0.3 is 15.0 Å². The zero-order chi connectivity index (χ0) is 24.9. The van der Waals surface area contributed by atoms with Crippen LogP contribution in [0.5, 0.6) is 0 Å². The van der Waals surface area contributed by atoms with Gasteiger partial charge in [-0.2, -0.15) is 15.4 Å². The Bertz CT molecular complexity index is 1100. The number of hydrazine groups is 1. The third-order valence-electron chi connectivity index (χ3n) is 5.30. The molecule has 2 fully saturated rings. The topological polar surface area (TPSA) is 148 Å². The molecule has 0 saturated carbocycles. The first-order chi connectivity index (χ1) is 16.8. The number of ether oxygens (including phenoxy) is 1. The second-order valence-corrected chi connectivity index (χ2v) is 7.75. The Morgan fingerprint density at radius 2 is 2.06 bits per heavy atom. The lowest BCUT2D eigenvalue weighted by atomic mass is 10.2. The lowest BCUT2D eigenvalue weighted by Gasteiger charge is -2.25. The van der Waals surface area contributed by atoms with Gasteiger partial charge in [0.15, 0.2) is 17.7 Å². The molecule has 35 heavy (non-hydrogen) atoms. The number of aliphatic imine (C=N–C) groups is 1. The van der Waals surface area contributed by atoms with Crippen LogP contribution in [-0.4, -0.2) is 83.5 Å². The molecule has 2 aromatic rings. The van der Waals surface area contributed by atoms with Gasteiger partial charge in [0.05, 0.1) is 37.7 Å². The molecule has 0 radical (unpaired) electrons. The molecule has 1 atom stereocenters. The first-order valence-electron chi connectivity index (χ1n) is 10.7. The molecule has 1 aromatic heterocycles. The number of hydrogen-bond donors (Lipinski definition) is 3. The predicted molar refractivity (Wildman–Crippen MR) is 119 cm³/mol. The maximum absolute atomic E-state index is 15.0. The van der Waals surface area contributed by atoms with Crippen LogP contribution in [0.15, 0.2) is 23.3 Å². The molecule has 2 aliphatic heterocycles. The first kappa shape index (κ1) is 24.0. The summed E-state index contributed by atoms with van der Waals surface area (Å²) >= 11 is 0. The molecular weight excluding hydrogens is 468 g/mol. The van der Waals surface area contributed by atoms with Crippen molar-refractivity contribution in [1.29, 1.82) is 0 Å². The number of amides is 4. The van der Waals surface area contributed by atoms with Gasteiger partial charge in [-0.25, -0.2) is 28.8 Å². The predicted octanol–water partition coefficient (Wildman–Crippen LogP) is 0.562. The fourth-order valence-electron chi connectivity index (χ4n) is 3.67. The molecule has 186 valence electrons. The first-order valence-corrected chi connectivity index (χ1v) is 10.7. The number of aromatic nitrogens is 3. The molecule has 3 heterocycles. The fourth-order valence-corrected chi connectivity index (χ4v) is 3.67. The van der Waals surface area contributed by atoms with Crippen molar-refractivity contribution >= 4 is 35.6 Å². The van der Waals surface area contributed by atoms with Crippen molar-refractivity contribution in [3.05, 3.63) is 35.7 Å². The summed E-state index contributed by atoms with van der Waals surface area (Å²) in [6.45, 7) is 2.18. The molecule has 2 aliphatic rings. The van der Waals surface area contributed by atoms with E-state index >= 15 is 8.78 Å². The molecule has 2 saturated heterocycles. The molecule has 1 aromatic carbocycles. The summed E-state index contributed by atoms with van der Waals surface area (Å²) in [5.74, 6) is -2.19. The number of rotatable bonds is 5. The summed E-state index contributed by atoms with van der Waals surface area (Å²) < 4.78 is 35.1. The molecule has 15 heteroatoms. The van der Waals surface area contributed by atoms with Gasteiger partial charge in [0.25, 0.3) is 0 Å². The van der Waals surface area contributed by atoms with Crippen LogP contribution in [0.3, 0.4) is 0 Å². The largest absolute Gasteiger partial charge is 0.438 e. The summed E-state index contributed by atoms with van der Waals surface area (Å²) in [6.07, 6.45) is 1.05. The van der Waals surface area contributed by atoms with Crippen molar-refractivity contribution in [1.82, 2.24) is 31.2 Å². The summed E-state index contributed by atoms with van der Waals surface area (Å²) in [5, 5.41) is 14.0. The highest BCUT2D eigenvalue weighted by molar-refractivity contribution is 5.94. The van der Waals surface area contributed by atoms with E-state index in [9.17, 15) is 14.4 Å². The number of nitrogens with one attached hydrogen (secondary N) is 3. The maximum Gasteiger partial charge on any atom is 0.415 e. The quantitative estimate of drug-likeness (QED) is 0.514. The SMILES string of the molecule is CC(=O)N=CC1CN(c2cc(F)c(N3CCNN(C(=O)NCc4cn[nH]n4)CC3)c(F)c2)C(=O)O1. The van der Waals surface area contributed by atoms with Crippen LogP contribution in [0.4, 0.5) is 29.7 Å². The number of hydrogen-bond acceptors (Lipinski definition) is 8. The molecule has 0 spiro atoms. The highest BCUT2D eigenvalue weighted by Gasteiger charge is 2.33. The van der Waals surface area contributed by atoms with E-state index in [4.69, 9.17) is 4.74 Å². The number of H-pyrrole nitrogens is 1. The number of aromatic amines is 1. The smallest absolute Gasteiger partial charge is 0.415 e. The maximum atomic E-state index is 15.0. The number of cyclic esters (lactones) is 1. The van der Waals surface area contributed by atoms with Gasteiger partial charge in [-0.3, -0.25) is 14.7 Å². The van der Waals surface area contributed by atoms with E-state index in [1.165, 1.54) is 29.2 Å².